The zero-order valence-electron chi connectivity index (χ0n) is 9.80. The molecule has 2 aromatic rings. The summed E-state index contributed by atoms with van der Waals surface area (Å²) >= 11 is 0. The van der Waals surface area contributed by atoms with Gasteiger partial charge in [-0.25, -0.2) is 9.78 Å². The summed E-state index contributed by atoms with van der Waals surface area (Å²) in [5.74, 6) is -1.28. The summed E-state index contributed by atoms with van der Waals surface area (Å²) in [6, 6.07) is 6.93. The SMILES string of the molecule is CCC(=O)Nc1cccc2ccnc(C(=O)O)c12. The van der Waals surface area contributed by atoms with E-state index in [-0.39, 0.29) is 11.6 Å². The Morgan fingerprint density at radius 1 is 1.33 bits per heavy atom. The van der Waals surface area contributed by atoms with Crippen LogP contribution in [0.1, 0.15) is 23.8 Å². The van der Waals surface area contributed by atoms with Gasteiger partial charge in [-0.2, -0.15) is 0 Å². The number of pyridine rings is 1. The van der Waals surface area contributed by atoms with Gasteiger partial charge in [-0.1, -0.05) is 19.1 Å². The number of aromatic nitrogens is 1. The van der Waals surface area contributed by atoms with E-state index in [0.717, 1.165) is 5.39 Å². The van der Waals surface area contributed by atoms with Crippen molar-refractivity contribution < 1.29 is 14.7 Å². The monoisotopic (exact) mass is 244 g/mol. The van der Waals surface area contributed by atoms with E-state index in [1.54, 1.807) is 31.2 Å². The fourth-order valence-corrected chi connectivity index (χ4v) is 1.73. The molecule has 1 aromatic carbocycles. The van der Waals surface area contributed by atoms with Gasteiger partial charge in [0.2, 0.25) is 5.91 Å². The number of benzene rings is 1. The Bertz CT molecular complexity index is 617. The maximum absolute atomic E-state index is 11.4. The molecule has 0 radical (unpaired) electrons. The number of hydrogen-bond acceptors (Lipinski definition) is 3. The molecule has 92 valence electrons. The Hall–Kier alpha value is -2.43. The number of anilines is 1. The zero-order chi connectivity index (χ0) is 13.1. The maximum atomic E-state index is 11.4. The zero-order valence-corrected chi connectivity index (χ0v) is 9.80. The average Bonchev–Trinajstić information content (AvgIpc) is 2.38. The summed E-state index contributed by atoms with van der Waals surface area (Å²) in [4.78, 5) is 26.4. The van der Waals surface area contributed by atoms with Gasteiger partial charge in [-0.15, -0.1) is 0 Å². The number of nitrogens with zero attached hydrogens (tertiary/aromatic N) is 1. The molecule has 0 aliphatic rings. The second-order valence-corrected chi connectivity index (χ2v) is 3.77. The minimum Gasteiger partial charge on any atom is -0.476 e. The van der Waals surface area contributed by atoms with Crippen molar-refractivity contribution in [3.05, 3.63) is 36.2 Å². The standard InChI is InChI=1S/C13H12N2O3/c1-2-10(16)15-9-5-3-4-8-6-7-14-12(11(8)9)13(17)18/h3-7H,2H2,1H3,(H,15,16)(H,17,18). The molecular weight excluding hydrogens is 232 g/mol. The minimum absolute atomic E-state index is 0.0560. The van der Waals surface area contributed by atoms with Gasteiger partial charge in [-0.05, 0) is 17.5 Å². The Balaban J connectivity index is 2.66. The molecule has 1 heterocycles. The Morgan fingerprint density at radius 3 is 2.78 bits per heavy atom. The fraction of sp³-hybridized carbons (Fsp3) is 0.154. The molecule has 0 saturated heterocycles. The predicted molar refractivity (Wildman–Crippen MR) is 67.6 cm³/mol. The van der Waals surface area contributed by atoms with Gasteiger partial charge >= 0.3 is 5.97 Å². The summed E-state index contributed by atoms with van der Waals surface area (Å²) < 4.78 is 0. The van der Waals surface area contributed by atoms with Crippen LogP contribution in [0.4, 0.5) is 5.69 Å². The molecule has 0 unspecified atom stereocenters. The van der Waals surface area contributed by atoms with Gasteiger partial charge in [-0.3, -0.25) is 4.79 Å². The van der Waals surface area contributed by atoms with Gasteiger partial charge in [0, 0.05) is 18.0 Å². The molecule has 18 heavy (non-hydrogen) atoms. The highest BCUT2D eigenvalue weighted by atomic mass is 16.4. The minimum atomic E-state index is -1.11. The first-order chi connectivity index (χ1) is 8.63. The predicted octanol–water partition coefficient (Wildman–Crippen LogP) is 2.28. The molecule has 0 fully saturated rings. The molecule has 5 nitrogen and oxygen atoms in total. The number of carbonyl (C=O) groups is 2. The van der Waals surface area contributed by atoms with Crippen molar-refractivity contribution in [2.24, 2.45) is 0 Å². The van der Waals surface area contributed by atoms with Crippen molar-refractivity contribution in [2.45, 2.75) is 13.3 Å². The molecule has 0 atom stereocenters. The summed E-state index contributed by atoms with van der Waals surface area (Å²) in [5, 5.41) is 13.0. The Morgan fingerprint density at radius 2 is 2.11 bits per heavy atom. The van der Waals surface area contributed by atoms with Crippen LogP contribution in [-0.2, 0) is 4.79 Å². The number of carboxylic acid groups (broad SMARTS) is 1. The number of nitrogens with one attached hydrogen (secondary N) is 1. The third kappa shape index (κ3) is 2.15. The molecule has 2 rings (SSSR count). The highest BCUT2D eigenvalue weighted by molar-refractivity contribution is 6.10. The molecule has 1 amide bonds. The van der Waals surface area contributed by atoms with Gasteiger partial charge in [0.1, 0.15) is 0 Å². The third-order valence-electron chi connectivity index (χ3n) is 2.59. The van der Waals surface area contributed by atoms with E-state index in [1.165, 1.54) is 6.20 Å². The highest BCUT2D eigenvalue weighted by Gasteiger charge is 2.14. The number of fused-ring (bicyclic) bond motifs is 1. The van der Waals surface area contributed by atoms with Crippen molar-refractivity contribution in [3.63, 3.8) is 0 Å². The van der Waals surface area contributed by atoms with Crippen molar-refractivity contribution in [3.8, 4) is 0 Å². The van der Waals surface area contributed by atoms with Crippen LogP contribution in [0.15, 0.2) is 30.5 Å². The number of hydrogen-bond donors (Lipinski definition) is 2. The van der Waals surface area contributed by atoms with Gasteiger partial charge in [0.05, 0.1) is 5.69 Å². The van der Waals surface area contributed by atoms with Crippen LogP contribution in [0.2, 0.25) is 0 Å². The van der Waals surface area contributed by atoms with Crippen LogP contribution in [0.3, 0.4) is 0 Å². The van der Waals surface area contributed by atoms with Gasteiger partial charge < -0.3 is 10.4 Å². The third-order valence-corrected chi connectivity index (χ3v) is 2.59. The lowest BCUT2D eigenvalue weighted by Crippen LogP contribution is -2.11. The van der Waals surface area contributed by atoms with Crippen LogP contribution >= 0.6 is 0 Å². The number of aromatic carboxylic acids is 1. The molecule has 0 aliphatic heterocycles. The van der Waals surface area contributed by atoms with Gasteiger partial charge in [0.15, 0.2) is 5.69 Å². The molecule has 0 saturated carbocycles. The van der Waals surface area contributed by atoms with Crippen molar-refractivity contribution in [1.29, 1.82) is 0 Å². The smallest absolute Gasteiger partial charge is 0.355 e. The van der Waals surface area contributed by atoms with E-state index in [2.05, 4.69) is 10.3 Å². The fourth-order valence-electron chi connectivity index (χ4n) is 1.73. The van der Waals surface area contributed by atoms with E-state index < -0.39 is 5.97 Å². The van der Waals surface area contributed by atoms with E-state index in [4.69, 9.17) is 5.11 Å². The number of rotatable bonds is 3. The normalized spacial score (nSPS) is 10.3. The van der Waals surface area contributed by atoms with Crippen LogP contribution in [-0.4, -0.2) is 22.0 Å². The van der Waals surface area contributed by atoms with Crippen LogP contribution < -0.4 is 5.32 Å². The Labute approximate surface area is 103 Å². The van der Waals surface area contributed by atoms with Gasteiger partial charge in [0.25, 0.3) is 0 Å². The van der Waals surface area contributed by atoms with E-state index in [9.17, 15) is 9.59 Å². The number of amides is 1. The topological polar surface area (TPSA) is 79.3 Å². The first kappa shape index (κ1) is 12.0. The summed E-state index contributed by atoms with van der Waals surface area (Å²) in [7, 11) is 0. The molecule has 5 heteroatoms. The second-order valence-electron chi connectivity index (χ2n) is 3.77. The van der Waals surface area contributed by atoms with Crippen molar-refractivity contribution in [2.75, 3.05) is 5.32 Å². The summed E-state index contributed by atoms with van der Waals surface area (Å²) in [6.07, 6.45) is 1.77. The second kappa shape index (κ2) is 4.83. The highest BCUT2D eigenvalue weighted by Crippen LogP contribution is 2.25. The Kier molecular flexibility index (Phi) is 3.23. The maximum Gasteiger partial charge on any atom is 0.355 e. The molecular formula is C13H12N2O3. The van der Waals surface area contributed by atoms with Crippen LogP contribution in [0.25, 0.3) is 10.8 Å². The van der Waals surface area contributed by atoms with E-state index in [1.807, 2.05) is 0 Å². The quantitative estimate of drug-likeness (QED) is 0.868. The number of carboxylic acids is 1. The lowest BCUT2D eigenvalue weighted by atomic mass is 10.1. The number of carbonyl (C=O) groups excluding carboxylic acids is 1. The largest absolute Gasteiger partial charge is 0.476 e. The van der Waals surface area contributed by atoms with E-state index >= 15 is 0 Å². The first-order valence-electron chi connectivity index (χ1n) is 5.54. The molecule has 0 spiro atoms. The van der Waals surface area contributed by atoms with Crippen LogP contribution in [0, 0.1) is 0 Å². The lowest BCUT2D eigenvalue weighted by molar-refractivity contribution is -0.115. The molecule has 0 bridgehead atoms. The summed E-state index contributed by atoms with van der Waals surface area (Å²) in [6.45, 7) is 1.73. The molecule has 1 aromatic heterocycles. The van der Waals surface area contributed by atoms with Crippen molar-refractivity contribution in [1.82, 2.24) is 4.98 Å². The summed E-state index contributed by atoms with van der Waals surface area (Å²) in [5.41, 5.74) is 0.421. The average molecular weight is 244 g/mol. The molecule has 2 N–H and O–H groups in total. The first-order valence-corrected chi connectivity index (χ1v) is 5.54. The van der Waals surface area contributed by atoms with Crippen molar-refractivity contribution >= 4 is 28.3 Å². The molecule has 0 aliphatic carbocycles. The lowest BCUT2D eigenvalue weighted by Gasteiger charge is -2.09. The van der Waals surface area contributed by atoms with Crippen LogP contribution in [0.5, 0.6) is 0 Å². The van der Waals surface area contributed by atoms with E-state index in [0.29, 0.717) is 17.5 Å².